The first-order valence-electron chi connectivity index (χ1n) is 13.8. The van der Waals surface area contributed by atoms with E-state index in [1.165, 1.54) is 89.0 Å². The smallest absolute Gasteiger partial charge is 0.159 e. The molecule has 3 heteroatoms. The third-order valence-corrected chi connectivity index (χ3v) is 6.69. The summed E-state index contributed by atoms with van der Waals surface area (Å²) in [6.45, 7) is 7.66. The van der Waals surface area contributed by atoms with Crippen LogP contribution in [-0.2, 0) is 6.42 Å². The van der Waals surface area contributed by atoms with Crippen LogP contribution in [0.1, 0.15) is 116 Å². The lowest BCUT2D eigenvalue weighted by molar-refractivity contribution is 0.300. The number of aryl methyl sites for hydroxylation is 1. The van der Waals surface area contributed by atoms with Gasteiger partial charge in [0.2, 0.25) is 0 Å². The van der Waals surface area contributed by atoms with Gasteiger partial charge in [-0.15, -0.1) is 0 Å². The second-order valence-electron chi connectivity index (χ2n) is 9.73. The summed E-state index contributed by atoms with van der Waals surface area (Å²) in [7, 11) is 0. The molecule has 2 aromatic rings. The standard InChI is InChI=1S/C30H48N2O/c1-4-6-7-8-9-10-11-12-13-14-18-27-24-31-30(32-25-27)28-19-21-29(22-20-28)33-23-16-15-17-26(3)5-2/h19-22,24-26H,4-18,23H2,1-3H3/t26-/m0/s1. The zero-order chi connectivity index (χ0) is 23.6. The normalized spacial score (nSPS) is 12.1. The summed E-state index contributed by atoms with van der Waals surface area (Å²) in [6.07, 6.45) is 23.7. The molecule has 3 nitrogen and oxygen atoms in total. The van der Waals surface area contributed by atoms with Gasteiger partial charge in [-0.25, -0.2) is 9.97 Å². The number of ether oxygens (including phenoxy) is 1. The Bertz CT molecular complexity index is 711. The molecule has 2 rings (SSSR count). The van der Waals surface area contributed by atoms with E-state index in [1.54, 1.807) is 0 Å². The number of hydrogen-bond donors (Lipinski definition) is 0. The minimum Gasteiger partial charge on any atom is -0.494 e. The van der Waals surface area contributed by atoms with Crippen LogP contribution in [0.5, 0.6) is 5.75 Å². The molecule has 1 aromatic carbocycles. The second-order valence-corrected chi connectivity index (χ2v) is 9.73. The Morgan fingerprint density at radius 2 is 1.33 bits per heavy atom. The second kappa shape index (κ2) is 17.6. The third kappa shape index (κ3) is 12.2. The summed E-state index contributed by atoms with van der Waals surface area (Å²) in [5.74, 6) is 2.55. The van der Waals surface area contributed by atoms with Gasteiger partial charge >= 0.3 is 0 Å². The van der Waals surface area contributed by atoms with E-state index in [2.05, 4.69) is 42.9 Å². The Labute approximate surface area is 203 Å². The predicted octanol–water partition coefficient (Wildman–Crippen LogP) is 9.20. The average molecular weight is 453 g/mol. The van der Waals surface area contributed by atoms with Gasteiger partial charge in [-0.2, -0.15) is 0 Å². The molecule has 0 fully saturated rings. The van der Waals surface area contributed by atoms with E-state index < -0.39 is 0 Å². The maximum absolute atomic E-state index is 5.89. The highest BCUT2D eigenvalue weighted by molar-refractivity contribution is 5.55. The fourth-order valence-electron chi connectivity index (χ4n) is 4.14. The fourth-order valence-corrected chi connectivity index (χ4v) is 4.14. The summed E-state index contributed by atoms with van der Waals surface area (Å²) in [5, 5.41) is 0. The minimum atomic E-state index is 0.792. The molecule has 0 bridgehead atoms. The number of hydrogen-bond acceptors (Lipinski definition) is 3. The third-order valence-electron chi connectivity index (χ3n) is 6.69. The van der Waals surface area contributed by atoms with Crippen molar-refractivity contribution < 1.29 is 4.74 Å². The van der Waals surface area contributed by atoms with Crippen molar-refractivity contribution in [2.24, 2.45) is 5.92 Å². The van der Waals surface area contributed by atoms with Gasteiger partial charge in [0.25, 0.3) is 0 Å². The Hall–Kier alpha value is -1.90. The van der Waals surface area contributed by atoms with Gasteiger partial charge < -0.3 is 4.74 Å². The van der Waals surface area contributed by atoms with Crippen molar-refractivity contribution in [3.63, 3.8) is 0 Å². The summed E-state index contributed by atoms with van der Waals surface area (Å²) in [4.78, 5) is 9.20. The molecule has 0 amide bonds. The molecular formula is C30H48N2O. The van der Waals surface area contributed by atoms with Gasteiger partial charge in [-0.1, -0.05) is 91.4 Å². The Morgan fingerprint density at radius 3 is 1.94 bits per heavy atom. The van der Waals surface area contributed by atoms with Gasteiger partial charge in [0.05, 0.1) is 6.61 Å². The Kier molecular flexibility index (Phi) is 14.6. The zero-order valence-electron chi connectivity index (χ0n) is 21.7. The number of unbranched alkanes of at least 4 members (excludes halogenated alkanes) is 10. The molecule has 0 spiro atoms. The quantitative estimate of drug-likeness (QED) is 0.199. The van der Waals surface area contributed by atoms with Crippen LogP contribution in [0, 0.1) is 5.92 Å². The summed E-state index contributed by atoms with van der Waals surface area (Å²) in [5.41, 5.74) is 2.29. The molecule has 0 aliphatic rings. The fraction of sp³-hybridized carbons (Fsp3) is 0.667. The maximum atomic E-state index is 5.89. The van der Waals surface area contributed by atoms with Crippen LogP contribution in [0.3, 0.4) is 0 Å². The molecule has 0 aliphatic carbocycles. The van der Waals surface area contributed by atoms with Gasteiger partial charge in [0.15, 0.2) is 5.82 Å². The van der Waals surface area contributed by atoms with Crippen LogP contribution in [-0.4, -0.2) is 16.6 Å². The molecule has 0 saturated carbocycles. The minimum absolute atomic E-state index is 0.792. The Balaban J connectivity index is 1.60. The van der Waals surface area contributed by atoms with Gasteiger partial charge in [-0.05, 0) is 61.4 Å². The first kappa shape index (κ1) is 27.3. The van der Waals surface area contributed by atoms with Crippen molar-refractivity contribution in [1.29, 1.82) is 0 Å². The van der Waals surface area contributed by atoms with Gasteiger partial charge in [-0.3, -0.25) is 0 Å². The molecule has 1 aromatic heterocycles. The maximum Gasteiger partial charge on any atom is 0.159 e. The van der Waals surface area contributed by atoms with Crippen molar-refractivity contribution in [3.05, 3.63) is 42.2 Å². The number of rotatable bonds is 19. The van der Waals surface area contributed by atoms with Crippen LogP contribution >= 0.6 is 0 Å². The zero-order valence-corrected chi connectivity index (χ0v) is 21.7. The van der Waals surface area contributed by atoms with Crippen LogP contribution in [0.2, 0.25) is 0 Å². The van der Waals surface area contributed by atoms with Crippen molar-refractivity contribution in [2.75, 3.05) is 6.61 Å². The molecule has 1 heterocycles. The molecule has 0 unspecified atom stereocenters. The average Bonchev–Trinajstić information content (AvgIpc) is 2.85. The first-order chi connectivity index (χ1) is 16.2. The van der Waals surface area contributed by atoms with E-state index in [1.807, 2.05) is 24.5 Å². The summed E-state index contributed by atoms with van der Waals surface area (Å²) < 4.78 is 5.89. The van der Waals surface area contributed by atoms with Crippen LogP contribution in [0.15, 0.2) is 36.7 Å². The molecular weight excluding hydrogens is 404 g/mol. The van der Waals surface area contributed by atoms with Crippen molar-refractivity contribution in [1.82, 2.24) is 9.97 Å². The number of aromatic nitrogens is 2. The molecule has 33 heavy (non-hydrogen) atoms. The first-order valence-corrected chi connectivity index (χ1v) is 13.8. The predicted molar refractivity (Wildman–Crippen MR) is 142 cm³/mol. The highest BCUT2D eigenvalue weighted by atomic mass is 16.5. The number of benzene rings is 1. The lowest BCUT2D eigenvalue weighted by atomic mass is 10.0. The lowest BCUT2D eigenvalue weighted by Gasteiger charge is -2.09. The monoisotopic (exact) mass is 452 g/mol. The largest absolute Gasteiger partial charge is 0.494 e. The van der Waals surface area contributed by atoms with E-state index in [4.69, 9.17) is 4.74 Å². The summed E-state index contributed by atoms with van der Waals surface area (Å²) >= 11 is 0. The van der Waals surface area contributed by atoms with Gasteiger partial charge in [0.1, 0.15) is 5.75 Å². The molecule has 0 N–H and O–H groups in total. The van der Waals surface area contributed by atoms with E-state index in [0.29, 0.717) is 0 Å². The van der Waals surface area contributed by atoms with E-state index >= 15 is 0 Å². The summed E-state index contributed by atoms with van der Waals surface area (Å²) in [6, 6.07) is 8.19. The van der Waals surface area contributed by atoms with Crippen LogP contribution < -0.4 is 4.74 Å². The molecule has 184 valence electrons. The topological polar surface area (TPSA) is 35.0 Å². The highest BCUT2D eigenvalue weighted by Gasteiger charge is 2.04. The SMILES string of the molecule is CCCCCCCCCCCCc1cnc(-c2ccc(OCCCC[C@@H](C)CC)cc2)nc1. The molecule has 0 aliphatic heterocycles. The van der Waals surface area contributed by atoms with Crippen molar-refractivity contribution in [3.8, 4) is 17.1 Å². The lowest BCUT2D eigenvalue weighted by Crippen LogP contribution is -1.99. The van der Waals surface area contributed by atoms with E-state index in [0.717, 1.165) is 42.5 Å². The van der Waals surface area contributed by atoms with E-state index in [9.17, 15) is 0 Å². The highest BCUT2D eigenvalue weighted by Crippen LogP contribution is 2.20. The Morgan fingerprint density at radius 1 is 0.727 bits per heavy atom. The number of nitrogens with zero attached hydrogens (tertiary/aromatic N) is 2. The van der Waals surface area contributed by atoms with E-state index in [-0.39, 0.29) is 0 Å². The van der Waals surface area contributed by atoms with Crippen LogP contribution in [0.4, 0.5) is 0 Å². The molecule has 1 atom stereocenters. The van der Waals surface area contributed by atoms with Crippen molar-refractivity contribution >= 4 is 0 Å². The molecule has 0 saturated heterocycles. The van der Waals surface area contributed by atoms with Gasteiger partial charge in [0, 0.05) is 18.0 Å². The van der Waals surface area contributed by atoms with Crippen LogP contribution in [0.25, 0.3) is 11.4 Å². The van der Waals surface area contributed by atoms with Crippen molar-refractivity contribution in [2.45, 2.75) is 117 Å². The molecule has 0 radical (unpaired) electrons.